The molecule has 0 radical (unpaired) electrons. The van der Waals surface area contributed by atoms with Crippen molar-refractivity contribution in [2.45, 2.75) is 18.9 Å². The fourth-order valence-electron chi connectivity index (χ4n) is 0.979. The zero-order valence-corrected chi connectivity index (χ0v) is 10.9. The molecule has 0 aliphatic rings. The fraction of sp³-hybridized carbons (Fsp3) is 0.800. The molecule has 1 atom stereocenters. The highest BCUT2D eigenvalue weighted by atomic mass is 32.2. The molecule has 1 unspecified atom stereocenters. The number of ether oxygens (including phenoxy) is 1. The third kappa shape index (κ3) is 6.68. The van der Waals surface area contributed by atoms with Crippen molar-refractivity contribution in [3.8, 4) is 0 Å². The van der Waals surface area contributed by atoms with Crippen molar-refractivity contribution < 1.29 is 14.3 Å². The smallest absolute Gasteiger partial charge is 0.323 e. The van der Waals surface area contributed by atoms with Crippen LogP contribution in [0.4, 0.5) is 0 Å². The highest BCUT2D eigenvalue weighted by Gasteiger charge is 2.13. The zero-order chi connectivity index (χ0) is 12.6. The Kier molecular flexibility index (Phi) is 8.01. The quantitative estimate of drug-likeness (QED) is 0.510. The first-order valence-corrected chi connectivity index (χ1v) is 6.25. The molecular formula is C10H20N2O3S. The lowest BCUT2D eigenvalue weighted by Gasteiger charge is -2.10. The van der Waals surface area contributed by atoms with Crippen LogP contribution in [0.5, 0.6) is 0 Å². The number of nitrogens with two attached hydrogens (primary N) is 1. The van der Waals surface area contributed by atoms with Gasteiger partial charge in [0.1, 0.15) is 6.04 Å². The van der Waals surface area contributed by atoms with Gasteiger partial charge in [-0.2, -0.15) is 11.8 Å². The number of hydrogen-bond donors (Lipinski definition) is 1. The van der Waals surface area contributed by atoms with E-state index in [0.29, 0.717) is 12.2 Å². The Hall–Kier alpha value is -0.750. The molecule has 0 aliphatic carbocycles. The lowest BCUT2D eigenvalue weighted by Crippen LogP contribution is -2.34. The van der Waals surface area contributed by atoms with E-state index < -0.39 is 12.0 Å². The Balaban J connectivity index is 3.47. The maximum Gasteiger partial charge on any atom is 0.323 e. The highest BCUT2D eigenvalue weighted by molar-refractivity contribution is 7.99. The van der Waals surface area contributed by atoms with Crippen molar-refractivity contribution in [1.82, 2.24) is 4.90 Å². The summed E-state index contributed by atoms with van der Waals surface area (Å²) in [5.41, 5.74) is 5.55. The van der Waals surface area contributed by atoms with E-state index in [1.165, 1.54) is 7.11 Å². The number of carbonyl (C=O) groups excluding carboxylic acids is 2. The normalized spacial score (nSPS) is 12.0. The van der Waals surface area contributed by atoms with E-state index in [1.54, 1.807) is 30.8 Å². The van der Waals surface area contributed by atoms with E-state index >= 15 is 0 Å². The number of rotatable bonds is 7. The summed E-state index contributed by atoms with van der Waals surface area (Å²) in [7, 11) is 4.80. The van der Waals surface area contributed by atoms with Gasteiger partial charge in [0.15, 0.2) is 0 Å². The minimum absolute atomic E-state index is 0.123. The van der Waals surface area contributed by atoms with Crippen LogP contribution in [-0.2, 0) is 14.3 Å². The summed E-state index contributed by atoms with van der Waals surface area (Å²) < 4.78 is 4.50. The second-order valence-electron chi connectivity index (χ2n) is 3.60. The molecule has 0 aromatic rings. The summed E-state index contributed by atoms with van der Waals surface area (Å²) in [6.45, 7) is 0. The Morgan fingerprint density at radius 2 is 2.06 bits per heavy atom. The number of thioether (sulfide) groups is 1. The summed E-state index contributed by atoms with van der Waals surface area (Å²) in [5, 5.41) is 0. The molecule has 0 saturated carbocycles. The summed E-state index contributed by atoms with van der Waals surface area (Å²) >= 11 is 1.56. The minimum Gasteiger partial charge on any atom is -0.468 e. The van der Waals surface area contributed by atoms with Crippen LogP contribution in [0.1, 0.15) is 12.8 Å². The highest BCUT2D eigenvalue weighted by Crippen LogP contribution is 2.07. The number of esters is 1. The van der Waals surface area contributed by atoms with Crippen molar-refractivity contribution >= 4 is 23.6 Å². The molecule has 1 amide bonds. The van der Waals surface area contributed by atoms with Crippen molar-refractivity contribution in [3.05, 3.63) is 0 Å². The molecule has 0 aromatic heterocycles. The SMILES string of the molecule is COC(=O)C(N)CSCCCC(=O)N(C)C. The Labute approximate surface area is 101 Å². The molecule has 0 rings (SSSR count). The van der Waals surface area contributed by atoms with Gasteiger partial charge in [0.25, 0.3) is 0 Å². The van der Waals surface area contributed by atoms with E-state index in [2.05, 4.69) is 4.74 Å². The summed E-state index contributed by atoms with van der Waals surface area (Å²) in [4.78, 5) is 23.7. The second-order valence-corrected chi connectivity index (χ2v) is 4.75. The zero-order valence-electron chi connectivity index (χ0n) is 10.1. The van der Waals surface area contributed by atoms with Crippen molar-refractivity contribution in [3.63, 3.8) is 0 Å². The van der Waals surface area contributed by atoms with Crippen LogP contribution < -0.4 is 5.73 Å². The molecule has 0 aliphatic heterocycles. The fourth-order valence-corrected chi connectivity index (χ4v) is 1.88. The lowest BCUT2D eigenvalue weighted by atomic mass is 10.3. The maximum atomic E-state index is 11.2. The standard InChI is InChI=1S/C10H20N2O3S/c1-12(2)9(13)5-4-6-16-7-8(11)10(14)15-3/h8H,4-7,11H2,1-3H3. The monoisotopic (exact) mass is 248 g/mol. The molecule has 0 heterocycles. The van der Waals surface area contributed by atoms with Gasteiger partial charge in [-0.3, -0.25) is 9.59 Å². The van der Waals surface area contributed by atoms with E-state index in [4.69, 9.17) is 5.73 Å². The molecule has 2 N–H and O–H groups in total. The van der Waals surface area contributed by atoms with Gasteiger partial charge < -0.3 is 15.4 Å². The number of carbonyl (C=O) groups is 2. The van der Waals surface area contributed by atoms with Crippen LogP contribution >= 0.6 is 11.8 Å². The van der Waals surface area contributed by atoms with Gasteiger partial charge in [-0.15, -0.1) is 0 Å². The minimum atomic E-state index is -0.570. The molecule has 0 aromatic carbocycles. The van der Waals surface area contributed by atoms with Gasteiger partial charge >= 0.3 is 5.97 Å². The molecule has 0 fully saturated rings. The number of amides is 1. The molecule has 94 valence electrons. The maximum absolute atomic E-state index is 11.2. The molecule has 5 nitrogen and oxygen atoms in total. The van der Waals surface area contributed by atoms with Crippen molar-refractivity contribution in [1.29, 1.82) is 0 Å². The molecule has 0 saturated heterocycles. The van der Waals surface area contributed by atoms with Gasteiger partial charge in [0, 0.05) is 26.3 Å². The first-order chi connectivity index (χ1) is 7.49. The van der Waals surface area contributed by atoms with Crippen LogP contribution in [-0.4, -0.2) is 55.5 Å². The third-order valence-corrected chi connectivity index (χ3v) is 3.15. The van der Waals surface area contributed by atoms with Gasteiger partial charge in [-0.05, 0) is 12.2 Å². The van der Waals surface area contributed by atoms with E-state index in [1.807, 2.05) is 0 Å². The van der Waals surface area contributed by atoms with E-state index in [9.17, 15) is 9.59 Å². The molecule has 16 heavy (non-hydrogen) atoms. The first kappa shape index (κ1) is 15.2. The Morgan fingerprint density at radius 3 is 2.56 bits per heavy atom. The van der Waals surface area contributed by atoms with Crippen LogP contribution in [0, 0.1) is 0 Å². The lowest BCUT2D eigenvalue weighted by molar-refractivity contribution is -0.141. The summed E-state index contributed by atoms with van der Waals surface area (Å²) in [6, 6.07) is -0.570. The van der Waals surface area contributed by atoms with Crippen LogP contribution in [0.3, 0.4) is 0 Å². The van der Waals surface area contributed by atoms with Crippen LogP contribution in [0.2, 0.25) is 0 Å². The molecule has 0 bridgehead atoms. The molecule has 6 heteroatoms. The Morgan fingerprint density at radius 1 is 1.44 bits per heavy atom. The number of nitrogens with zero attached hydrogens (tertiary/aromatic N) is 1. The van der Waals surface area contributed by atoms with Gasteiger partial charge in [0.2, 0.25) is 5.91 Å². The molecule has 0 spiro atoms. The average molecular weight is 248 g/mol. The predicted molar refractivity (Wildman–Crippen MR) is 65.2 cm³/mol. The van der Waals surface area contributed by atoms with Gasteiger partial charge in [-0.25, -0.2) is 0 Å². The topological polar surface area (TPSA) is 72.6 Å². The van der Waals surface area contributed by atoms with Gasteiger partial charge in [-0.1, -0.05) is 0 Å². The first-order valence-electron chi connectivity index (χ1n) is 5.10. The van der Waals surface area contributed by atoms with Crippen LogP contribution in [0.25, 0.3) is 0 Å². The predicted octanol–water partition coefficient (Wildman–Crippen LogP) is 0.0883. The summed E-state index contributed by atoms with van der Waals surface area (Å²) in [6.07, 6.45) is 1.34. The van der Waals surface area contributed by atoms with E-state index in [-0.39, 0.29) is 5.91 Å². The van der Waals surface area contributed by atoms with Crippen molar-refractivity contribution in [2.24, 2.45) is 5.73 Å². The number of hydrogen-bond acceptors (Lipinski definition) is 5. The van der Waals surface area contributed by atoms with Gasteiger partial charge in [0.05, 0.1) is 7.11 Å². The van der Waals surface area contributed by atoms with E-state index in [0.717, 1.165) is 12.2 Å². The summed E-state index contributed by atoms with van der Waals surface area (Å²) in [5.74, 6) is 1.09. The average Bonchev–Trinajstić information content (AvgIpc) is 2.26. The van der Waals surface area contributed by atoms with Crippen molar-refractivity contribution in [2.75, 3.05) is 32.7 Å². The second kappa shape index (κ2) is 8.41. The van der Waals surface area contributed by atoms with Crippen LogP contribution in [0.15, 0.2) is 0 Å². The largest absolute Gasteiger partial charge is 0.468 e. The molecular weight excluding hydrogens is 228 g/mol. The number of methoxy groups -OCH3 is 1. The third-order valence-electron chi connectivity index (χ3n) is 1.98. The Bertz CT molecular complexity index is 234.